The van der Waals surface area contributed by atoms with Crippen molar-refractivity contribution in [2.75, 3.05) is 18.5 Å². The molecule has 0 aromatic heterocycles. The van der Waals surface area contributed by atoms with Crippen LogP contribution in [0.25, 0.3) is 0 Å². The van der Waals surface area contributed by atoms with Crippen LogP contribution in [0.5, 0.6) is 0 Å². The zero-order valence-corrected chi connectivity index (χ0v) is 10.2. The van der Waals surface area contributed by atoms with E-state index in [0.29, 0.717) is 0 Å². The number of para-hydroxylation sites is 1. The molecule has 1 atom stereocenters. The van der Waals surface area contributed by atoms with E-state index in [-0.39, 0.29) is 11.9 Å². The van der Waals surface area contributed by atoms with Crippen molar-refractivity contribution in [3.8, 4) is 0 Å². The van der Waals surface area contributed by atoms with Crippen LogP contribution in [0.4, 0.5) is 5.69 Å². The third kappa shape index (κ3) is 3.35. The normalized spacial score (nSPS) is 12.2. The number of hydrogen-bond acceptors (Lipinski definition) is 2. The monoisotopic (exact) mass is 220 g/mol. The molecule has 1 amide bonds. The molecule has 88 valence electrons. The molecule has 1 N–H and O–H groups in total. The molecule has 0 aliphatic heterocycles. The van der Waals surface area contributed by atoms with Crippen molar-refractivity contribution in [1.82, 2.24) is 5.32 Å². The average Bonchev–Trinajstić information content (AvgIpc) is 2.35. The second-order valence-corrected chi connectivity index (χ2v) is 3.91. The fourth-order valence-corrected chi connectivity index (χ4v) is 1.52. The molecule has 0 aliphatic rings. The van der Waals surface area contributed by atoms with Crippen LogP contribution < -0.4 is 10.2 Å². The van der Waals surface area contributed by atoms with Gasteiger partial charge in [-0.25, -0.2) is 0 Å². The molecule has 1 aromatic carbocycles. The van der Waals surface area contributed by atoms with Crippen molar-refractivity contribution in [1.29, 1.82) is 0 Å². The van der Waals surface area contributed by atoms with Crippen molar-refractivity contribution in [3.63, 3.8) is 0 Å². The van der Waals surface area contributed by atoms with Crippen LogP contribution in [-0.2, 0) is 4.79 Å². The van der Waals surface area contributed by atoms with E-state index in [1.807, 2.05) is 44.3 Å². The molecule has 0 saturated heterocycles. The van der Waals surface area contributed by atoms with Gasteiger partial charge in [0.2, 0.25) is 5.91 Å². The highest BCUT2D eigenvalue weighted by Gasteiger charge is 2.17. The molecule has 0 heterocycles. The Morgan fingerprint density at radius 2 is 2.00 bits per heavy atom. The fourth-order valence-electron chi connectivity index (χ4n) is 1.52. The number of nitrogens with zero attached hydrogens (tertiary/aromatic N) is 1. The molecule has 1 rings (SSSR count). The largest absolute Gasteiger partial charge is 0.314 e. The van der Waals surface area contributed by atoms with Crippen LogP contribution in [0.2, 0.25) is 0 Å². The first kappa shape index (κ1) is 12.7. The second-order valence-electron chi connectivity index (χ2n) is 3.91. The predicted octanol–water partition coefficient (Wildman–Crippen LogP) is 2.04. The van der Waals surface area contributed by atoms with Crippen LogP contribution in [0, 0.1) is 0 Å². The average molecular weight is 220 g/mol. The van der Waals surface area contributed by atoms with Gasteiger partial charge in [-0.05, 0) is 32.0 Å². The lowest BCUT2D eigenvalue weighted by Gasteiger charge is -2.22. The number of hydrogen-bond donors (Lipinski definition) is 1. The molecule has 0 aliphatic carbocycles. The Bertz CT molecular complexity index is 324. The van der Waals surface area contributed by atoms with E-state index in [9.17, 15) is 4.79 Å². The molecule has 0 bridgehead atoms. The first-order valence-electron chi connectivity index (χ1n) is 5.72. The van der Waals surface area contributed by atoms with Crippen molar-refractivity contribution in [2.45, 2.75) is 26.3 Å². The number of amides is 1. The number of anilines is 1. The quantitative estimate of drug-likeness (QED) is 0.823. The maximum absolute atomic E-state index is 12.0. The number of likely N-dealkylation sites (N-methyl/N-ethyl adjacent to an activating group) is 1. The van der Waals surface area contributed by atoms with Gasteiger partial charge >= 0.3 is 0 Å². The molecule has 3 nitrogen and oxygen atoms in total. The molecule has 0 saturated carbocycles. The molecule has 0 spiro atoms. The van der Waals surface area contributed by atoms with Crippen LogP contribution >= 0.6 is 0 Å². The van der Waals surface area contributed by atoms with Crippen molar-refractivity contribution in [3.05, 3.63) is 30.3 Å². The van der Waals surface area contributed by atoms with Gasteiger partial charge in [-0.3, -0.25) is 4.79 Å². The summed E-state index contributed by atoms with van der Waals surface area (Å²) in [6.45, 7) is 4.86. The van der Waals surface area contributed by atoms with E-state index in [2.05, 4.69) is 12.2 Å². The van der Waals surface area contributed by atoms with E-state index in [4.69, 9.17) is 0 Å². The fraction of sp³-hybridized carbons (Fsp3) is 0.462. The van der Waals surface area contributed by atoms with E-state index in [1.54, 1.807) is 4.90 Å². The van der Waals surface area contributed by atoms with Gasteiger partial charge in [0.1, 0.15) is 0 Å². The maximum Gasteiger partial charge on any atom is 0.243 e. The number of nitrogens with one attached hydrogen (secondary N) is 1. The molecule has 0 radical (unpaired) electrons. The summed E-state index contributed by atoms with van der Waals surface area (Å²) in [4.78, 5) is 13.7. The third-order valence-electron chi connectivity index (χ3n) is 2.55. The Kier molecular flexibility index (Phi) is 4.99. The Labute approximate surface area is 97.5 Å². The lowest BCUT2D eigenvalue weighted by Crippen LogP contribution is -2.43. The summed E-state index contributed by atoms with van der Waals surface area (Å²) in [5, 5.41) is 3.19. The minimum Gasteiger partial charge on any atom is -0.314 e. The van der Waals surface area contributed by atoms with Gasteiger partial charge < -0.3 is 10.2 Å². The van der Waals surface area contributed by atoms with Crippen LogP contribution in [0.15, 0.2) is 30.3 Å². The molecular formula is C13H20N2O. The lowest BCUT2D eigenvalue weighted by molar-refractivity contribution is -0.119. The Morgan fingerprint density at radius 1 is 1.38 bits per heavy atom. The number of benzene rings is 1. The third-order valence-corrected chi connectivity index (χ3v) is 2.55. The van der Waals surface area contributed by atoms with Crippen LogP contribution in [0.1, 0.15) is 20.3 Å². The molecule has 3 heteroatoms. The molecule has 1 aromatic rings. The zero-order chi connectivity index (χ0) is 12.0. The van der Waals surface area contributed by atoms with Gasteiger partial charge in [0.25, 0.3) is 0 Å². The first-order valence-corrected chi connectivity index (χ1v) is 5.72. The van der Waals surface area contributed by atoms with Gasteiger partial charge in [0, 0.05) is 12.7 Å². The number of carbonyl (C=O) groups excluding carboxylic acids is 1. The smallest absolute Gasteiger partial charge is 0.243 e. The van der Waals surface area contributed by atoms with Crippen LogP contribution in [-0.4, -0.2) is 25.5 Å². The standard InChI is InChI=1S/C13H20N2O/c1-4-10-14-11(2)13(16)15(3)12-8-6-5-7-9-12/h5-9,11,14H,4,10H2,1-3H3. The SMILES string of the molecule is CCCNC(C)C(=O)N(C)c1ccccc1. The summed E-state index contributed by atoms with van der Waals surface area (Å²) >= 11 is 0. The van der Waals surface area contributed by atoms with Gasteiger partial charge in [0.15, 0.2) is 0 Å². The Morgan fingerprint density at radius 3 is 2.56 bits per heavy atom. The molecule has 0 fully saturated rings. The van der Waals surface area contributed by atoms with Gasteiger partial charge in [-0.2, -0.15) is 0 Å². The van der Waals surface area contributed by atoms with E-state index in [0.717, 1.165) is 18.7 Å². The van der Waals surface area contributed by atoms with E-state index in [1.165, 1.54) is 0 Å². The summed E-state index contributed by atoms with van der Waals surface area (Å²) < 4.78 is 0. The van der Waals surface area contributed by atoms with Gasteiger partial charge in [-0.1, -0.05) is 25.1 Å². The first-order chi connectivity index (χ1) is 7.66. The Hall–Kier alpha value is -1.35. The highest BCUT2D eigenvalue weighted by atomic mass is 16.2. The van der Waals surface area contributed by atoms with E-state index >= 15 is 0 Å². The van der Waals surface area contributed by atoms with Crippen LogP contribution in [0.3, 0.4) is 0 Å². The molecule has 16 heavy (non-hydrogen) atoms. The van der Waals surface area contributed by atoms with Crippen molar-refractivity contribution >= 4 is 11.6 Å². The predicted molar refractivity (Wildman–Crippen MR) is 67.6 cm³/mol. The highest BCUT2D eigenvalue weighted by Crippen LogP contribution is 2.11. The summed E-state index contributed by atoms with van der Waals surface area (Å²) in [7, 11) is 1.81. The van der Waals surface area contributed by atoms with Crippen molar-refractivity contribution < 1.29 is 4.79 Å². The summed E-state index contributed by atoms with van der Waals surface area (Å²) in [5.41, 5.74) is 0.928. The van der Waals surface area contributed by atoms with Crippen molar-refractivity contribution in [2.24, 2.45) is 0 Å². The highest BCUT2D eigenvalue weighted by molar-refractivity contribution is 5.96. The molecule has 1 unspecified atom stereocenters. The number of carbonyl (C=O) groups is 1. The summed E-state index contributed by atoms with van der Waals surface area (Å²) in [5.74, 6) is 0.0969. The van der Waals surface area contributed by atoms with E-state index < -0.39 is 0 Å². The second kappa shape index (κ2) is 6.28. The zero-order valence-electron chi connectivity index (χ0n) is 10.2. The summed E-state index contributed by atoms with van der Waals surface area (Å²) in [6, 6.07) is 9.55. The minimum absolute atomic E-state index is 0.0969. The van der Waals surface area contributed by atoms with Gasteiger partial charge in [-0.15, -0.1) is 0 Å². The molecular weight excluding hydrogens is 200 g/mol. The lowest BCUT2D eigenvalue weighted by atomic mass is 10.2. The maximum atomic E-state index is 12.0. The van der Waals surface area contributed by atoms with Gasteiger partial charge in [0.05, 0.1) is 6.04 Å². The topological polar surface area (TPSA) is 32.3 Å². The number of rotatable bonds is 5. The minimum atomic E-state index is -0.134. The Balaban J connectivity index is 2.60. The summed E-state index contributed by atoms with van der Waals surface area (Å²) in [6.07, 6.45) is 1.03.